The molecule has 0 unspecified atom stereocenters. The molecule has 2 rings (SSSR count). The minimum Gasteiger partial charge on any atom is -0.269 e. The fourth-order valence-corrected chi connectivity index (χ4v) is 1.34. The Hall–Kier alpha value is -1.42. The van der Waals surface area contributed by atoms with Gasteiger partial charge in [-0.1, -0.05) is 0 Å². The van der Waals surface area contributed by atoms with Crippen molar-refractivity contribution < 1.29 is 4.39 Å². The molecule has 0 aromatic carbocycles. The molecule has 2 aromatic rings. The van der Waals surface area contributed by atoms with Crippen molar-refractivity contribution in [1.29, 1.82) is 0 Å². The summed E-state index contributed by atoms with van der Waals surface area (Å²) in [6.45, 7) is 0. The molecule has 0 atom stereocenters. The average molecular weight is 213 g/mol. The molecule has 0 radical (unpaired) electrons. The normalized spacial score (nSPS) is 10.7. The van der Waals surface area contributed by atoms with Crippen molar-refractivity contribution in [2.24, 2.45) is 0 Å². The van der Waals surface area contributed by atoms with Crippen LogP contribution in [0.3, 0.4) is 0 Å². The number of pyridine rings is 1. The predicted molar refractivity (Wildman–Crippen MR) is 51.0 cm³/mol. The van der Waals surface area contributed by atoms with Crippen molar-refractivity contribution in [3.63, 3.8) is 0 Å². The molecule has 0 aliphatic rings. The molecule has 2 heterocycles. The molecule has 0 fully saturated rings. The van der Waals surface area contributed by atoms with E-state index in [1.807, 2.05) is 0 Å². The minimum atomic E-state index is -0.531. The monoisotopic (exact) mass is 212 g/mol. The van der Waals surface area contributed by atoms with Crippen LogP contribution >= 0.6 is 11.6 Å². The Balaban J connectivity index is 2.91. The van der Waals surface area contributed by atoms with Gasteiger partial charge in [0.2, 0.25) is 0 Å². The first-order valence-corrected chi connectivity index (χ1v) is 4.48. The van der Waals surface area contributed by atoms with Crippen LogP contribution in [-0.2, 0) is 5.88 Å². The first-order valence-electron chi connectivity index (χ1n) is 3.95. The standard InChI is InChI=1S/C9H6ClFN2O/c10-5-6-4-8(14)13-3-1-2-7(11)9(13)12-6/h1-4H,5H2. The van der Waals surface area contributed by atoms with E-state index in [0.717, 1.165) is 4.40 Å². The highest BCUT2D eigenvalue weighted by molar-refractivity contribution is 6.16. The maximum Gasteiger partial charge on any atom is 0.258 e. The van der Waals surface area contributed by atoms with Gasteiger partial charge in [-0.15, -0.1) is 11.6 Å². The van der Waals surface area contributed by atoms with E-state index in [1.54, 1.807) is 0 Å². The van der Waals surface area contributed by atoms with Crippen LogP contribution < -0.4 is 5.56 Å². The predicted octanol–water partition coefficient (Wildman–Crippen LogP) is 1.57. The molecular formula is C9H6ClFN2O. The SMILES string of the molecule is O=c1cc(CCl)nc2c(F)cccn12. The largest absolute Gasteiger partial charge is 0.269 e. The summed E-state index contributed by atoms with van der Waals surface area (Å²) in [4.78, 5) is 15.3. The van der Waals surface area contributed by atoms with Gasteiger partial charge in [-0.2, -0.15) is 0 Å². The van der Waals surface area contributed by atoms with Gasteiger partial charge < -0.3 is 0 Å². The van der Waals surface area contributed by atoms with Crippen LogP contribution in [0.15, 0.2) is 29.2 Å². The molecule has 0 saturated heterocycles. The van der Waals surface area contributed by atoms with Crippen LogP contribution in [0.5, 0.6) is 0 Å². The second kappa shape index (κ2) is 3.38. The van der Waals surface area contributed by atoms with Gasteiger partial charge in [0.15, 0.2) is 11.5 Å². The zero-order valence-electron chi connectivity index (χ0n) is 7.08. The van der Waals surface area contributed by atoms with Gasteiger partial charge in [0.25, 0.3) is 5.56 Å². The number of nitrogens with zero attached hydrogens (tertiary/aromatic N) is 2. The van der Waals surface area contributed by atoms with E-state index in [-0.39, 0.29) is 17.1 Å². The third kappa shape index (κ3) is 1.37. The van der Waals surface area contributed by atoms with Crippen molar-refractivity contribution in [2.45, 2.75) is 5.88 Å². The Morgan fingerprint density at radius 1 is 1.57 bits per heavy atom. The van der Waals surface area contributed by atoms with E-state index in [0.29, 0.717) is 5.69 Å². The van der Waals surface area contributed by atoms with Gasteiger partial charge in [0, 0.05) is 12.3 Å². The Morgan fingerprint density at radius 3 is 3.07 bits per heavy atom. The fourth-order valence-electron chi connectivity index (χ4n) is 1.21. The molecule has 0 amide bonds. The molecule has 0 spiro atoms. The second-order valence-corrected chi connectivity index (χ2v) is 3.04. The number of rotatable bonds is 1. The molecule has 2 aromatic heterocycles. The van der Waals surface area contributed by atoms with E-state index in [4.69, 9.17) is 11.6 Å². The number of halogens is 2. The third-order valence-electron chi connectivity index (χ3n) is 1.83. The van der Waals surface area contributed by atoms with Gasteiger partial charge in [-0.05, 0) is 12.1 Å². The summed E-state index contributed by atoms with van der Waals surface area (Å²) in [5.41, 5.74) is 0.0579. The molecule has 72 valence electrons. The maximum atomic E-state index is 13.2. The summed E-state index contributed by atoms with van der Waals surface area (Å²) in [5.74, 6) is -0.434. The zero-order chi connectivity index (χ0) is 10.1. The lowest BCUT2D eigenvalue weighted by molar-refractivity contribution is 0.626. The first-order chi connectivity index (χ1) is 6.72. The molecule has 14 heavy (non-hydrogen) atoms. The first kappa shape index (κ1) is 9.15. The zero-order valence-corrected chi connectivity index (χ0v) is 7.83. The lowest BCUT2D eigenvalue weighted by Gasteiger charge is -2.01. The summed E-state index contributed by atoms with van der Waals surface area (Å²) in [6.07, 6.45) is 1.46. The maximum absolute atomic E-state index is 13.2. The van der Waals surface area contributed by atoms with Gasteiger partial charge in [0.1, 0.15) is 0 Å². The van der Waals surface area contributed by atoms with Crippen molar-refractivity contribution in [3.8, 4) is 0 Å². The third-order valence-corrected chi connectivity index (χ3v) is 2.11. The summed E-state index contributed by atoms with van der Waals surface area (Å²) in [6, 6.07) is 3.99. The second-order valence-electron chi connectivity index (χ2n) is 2.77. The number of fused-ring (bicyclic) bond motifs is 1. The minimum absolute atomic E-state index is 0.00986. The van der Waals surface area contributed by atoms with Crippen molar-refractivity contribution in [3.05, 3.63) is 46.3 Å². The molecule has 0 aliphatic carbocycles. The smallest absolute Gasteiger partial charge is 0.258 e. The number of hydrogen-bond donors (Lipinski definition) is 0. The summed E-state index contributed by atoms with van der Waals surface area (Å²) < 4.78 is 14.4. The summed E-state index contributed by atoms with van der Waals surface area (Å²) in [5, 5.41) is 0. The number of alkyl halides is 1. The van der Waals surface area contributed by atoms with Crippen LogP contribution in [0.2, 0.25) is 0 Å². The number of aromatic nitrogens is 2. The number of hydrogen-bond acceptors (Lipinski definition) is 2. The fraction of sp³-hybridized carbons (Fsp3) is 0.111. The van der Waals surface area contributed by atoms with Gasteiger partial charge in [0.05, 0.1) is 11.6 Å². The summed E-state index contributed by atoms with van der Waals surface area (Å²) >= 11 is 5.52. The Bertz CT molecular complexity index is 538. The molecule has 3 nitrogen and oxygen atoms in total. The van der Waals surface area contributed by atoms with E-state index in [1.165, 1.54) is 24.4 Å². The Labute approximate surface area is 83.8 Å². The van der Waals surface area contributed by atoms with E-state index in [2.05, 4.69) is 4.98 Å². The molecule has 0 aliphatic heterocycles. The van der Waals surface area contributed by atoms with Crippen LogP contribution in [0.25, 0.3) is 5.65 Å². The molecule has 0 N–H and O–H groups in total. The lowest BCUT2D eigenvalue weighted by atomic mass is 10.4. The van der Waals surface area contributed by atoms with Crippen molar-refractivity contribution >= 4 is 17.2 Å². The Morgan fingerprint density at radius 2 is 2.36 bits per heavy atom. The topological polar surface area (TPSA) is 34.4 Å². The van der Waals surface area contributed by atoms with Crippen molar-refractivity contribution in [2.75, 3.05) is 0 Å². The van der Waals surface area contributed by atoms with E-state index in [9.17, 15) is 9.18 Å². The van der Waals surface area contributed by atoms with Crippen LogP contribution in [-0.4, -0.2) is 9.38 Å². The van der Waals surface area contributed by atoms with Gasteiger partial charge in [-0.3, -0.25) is 9.20 Å². The molecular weight excluding hydrogens is 207 g/mol. The van der Waals surface area contributed by atoms with E-state index < -0.39 is 5.82 Å². The van der Waals surface area contributed by atoms with Gasteiger partial charge >= 0.3 is 0 Å². The van der Waals surface area contributed by atoms with Crippen LogP contribution in [0.4, 0.5) is 4.39 Å². The summed E-state index contributed by atoms with van der Waals surface area (Å²) in [7, 11) is 0. The molecule has 0 bridgehead atoms. The Kier molecular flexibility index (Phi) is 2.21. The quantitative estimate of drug-likeness (QED) is 0.673. The van der Waals surface area contributed by atoms with Crippen molar-refractivity contribution in [1.82, 2.24) is 9.38 Å². The highest BCUT2D eigenvalue weighted by Crippen LogP contribution is 2.05. The highest BCUT2D eigenvalue weighted by Gasteiger charge is 2.04. The lowest BCUT2D eigenvalue weighted by Crippen LogP contribution is -2.15. The average Bonchev–Trinajstić information content (AvgIpc) is 2.19. The van der Waals surface area contributed by atoms with Crippen LogP contribution in [0, 0.1) is 5.82 Å². The molecule has 5 heteroatoms. The van der Waals surface area contributed by atoms with Gasteiger partial charge in [-0.25, -0.2) is 9.37 Å². The molecule has 0 saturated carbocycles. The highest BCUT2D eigenvalue weighted by atomic mass is 35.5. The van der Waals surface area contributed by atoms with E-state index >= 15 is 0 Å². The van der Waals surface area contributed by atoms with Crippen LogP contribution in [0.1, 0.15) is 5.69 Å².